The molecule has 2 aromatic rings. The van der Waals surface area contributed by atoms with Crippen LogP contribution in [0.1, 0.15) is 16.1 Å². The molecule has 0 radical (unpaired) electrons. The number of hydrogen-bond acceptors (Lipinski definition) is 4. The molecule has 1 aromatic carbocycles. The molecule has 6 heteroatoms. The van der Waals surface area contributed by atoms with E-state index >= 15 is 0 Å². The van der Waals surface area contributed by atoms with E-state index in [4.69, 9.17) is 0 Å². The van der Waals surface area contributed by atoms with E-state index in [9.17, 15) is 15.0 Å². The molecule has 0 unspecified atom stereocenters. The van der Waals surface area contributed by atoms with Crippen molar-refractivity contribution in [3.63, 3.8) is 0 Å². The minimum absolute atomic E-state index is 0.00157. The van der Waals surface area contributed by atoms with Gasteiger partial charge < -0.3 is 15.5 Å². The van der Waals surface area contributed by atoms with Crippen LogP contribution in [0, 0.1) is 6.92 Å². The number of nitrogens with one attached hydrogen (secondary N) is 1. The molecule has 1 amide bonds. The molecule has 0 aliphatic heterocycles. The third-order valence-electron chi connectivity index (χ3n) is 2.61. The predicted octanol–water partition coefficient (Wildman–Crippen LogP) is 1.39. The molecule has 3 N–H and O–H groups in total. The van der Waals surface area contributed by atoms with Gasteiger partial charge in [0, 0.05) is 18.8 Å². The molecule has 0 aliphatic rings. The monoisotopic (exact) mass is 247 g/mol. The van der Waals surface area contributed by atoms with Crippen molar-refractivity contribution >= 4 is 11.7 Å². The molecule has 94 valence electrons. The van der Waals surface area contributed by atoms with Gasteiger partial charge in [-0.2, -0.15) is 5.10 Å². The number of aromatic nitrogens is 2. The number of phenols is 2. The smallest absolute Gasteiger partial charge is 0.260 e. The standard InChI is InChI=1S/C12H13N3O3/c1-7-6-10(14-15(7)2)13-12(18)8-4-3-5-9(16)11(8)17/h3-6,16-17H,1-2H3,(H,13,14,18). The number of nitrogens with zero attached hydrogens (tertiary/aromatic N) is 2. The molecule has 0 fully saturated rings. The molecule has 18 heavy (non-hydrogen) atoms. The van der Waals surface area contributed by atoms with Crippen molar-refractivity contribution in [3.8, 4) is 11.5 Å². The SMILES string of the molecule is Cc1cc(NC(=O)c2cccc(O)c2O)nn1C. The van der Waals surface area contributed by atoms with Crippen LogP contribution < -0.4 is 5.32 Å². The Morgan fingerprint density at radius 3 is 2.72 bits per heavy atom. The van der Waals surface area contributed by atoms with E-state index in [1.807, 2.05) is 6.92 Å². The molecular weight excluding hydrogens is 234 g/mol. The van der Waals surface area contributed by atoms with Gasteiger partial charge in [0.15, 0.2) is 17.3 Å². The number of anilines is 1. The van der Waals surface area contributed by atoms with E-state index in [0.29, 0.717) is 5.82 Å². The Balaban J connectivity index is 2.24. The van der Waals surface area contributed by atoms with Crippen LogP contribution in [-0.2, 0) is 7.05 Å². The Morgan fingerprint density at radius 2 is 2.11 bits per heavy atom. The number of carbonyl (C=O) groups is 1. The molecule has 0 bridgehead atoms. The van der Waals surface area contributed by atoms with Gasteiger partial charge in [-0.3, -0.25) is 9.48 Å². The van der Waals surface area contributed by atoms with Crippen LogP contribution in [0.3, 0.4) is 0 Å². The van der Waals surface area contributed by atoms with Crippen molar-refractivity contribution in [2.24, 2.45) is 7.05 Å². The summed E-state index contributed by atoms with van der Waals surface area (Å²) in [5.74, 6) is -0.910. The lowest BCUT2D eigenvalue weighted by molar-refractivity contribution is 0.102. The maximum absolute atomic E-state index is 11.9. The third kappa shape index (κ3) is 2.13. The van der Waals surface area contributed by atoms with Crippen molar-refractivity contribution in [1.82, 2.24) is 9.78 Å². The van der Waals surface area contributed by atoms with Gasteiger partial charge in [-0.15, -0.1) is 0 Å². The number of hydrogen-bond donors (Lipinski definition) is 3. The van der Waals surface area contributed by atoms with Crippen LogP contribution in [0.15, 0.2) is 24.3 Å². The molecule has 0 atom stereocenters. The quantitative estimate of drug-likeness (QED) is 0.700. The van der Waals surface area contributed by atoms with Gasteiger partial charge in [-0.1, -0.05) is 6.07 Å². The lowest BCUT2D eigenvalue weighted by Crippen LogP contribution is -2.12. The highest BCUT2D eigenvalue weighted by atomic mass is 16.3. The summed E-state index contributed by atoms with van der Waals surface area (Å²) >= 11 is 0. The normalized spacial score (nSPS) is 10.3. The van der Waals surface area contributed by atoms with Gasteiger partial charge in [-0.05, 0) is 19.1 Å². The van der Waals surface area contributed by atoms with Gasteiger partial charge in [0.05, 0.1) is 5.56 Å². The van der Waals surface area contributed by atoms with E-state index < -0.39 is 11.7 Å². The Kier molecular flexibility index (Phi) is 2.93. The molecular formula is C12H13N3O3. The fourth-order valence-corrected chi connectivity index (χ4v) is 1.52. The van der Waals surface area contributed by atoms with E-state index in [-0.39, 0.29) is 11.3 Å². The van der Waals surface area contributed by atoms with Crippen LogP contribution in [-0.4, -0.2) is 25.9 Å². The van der Waals surface area contributed by atoms with E-state index in [1.54, 1.807) is 17.8 Å². The summed E-state index contributed by atoms with van der Waals surface area (Å²) in [5, 5.41) is 25.5. The van der Waals surface area contributed by atoms with Crippen molar-refractivity contribution in [2.75, 3.05) is 5.32 Å². The van der Waals surface area contributed by atoms with Crippen molar-refractivity contribution in [1.29, 1.82) is 0 Å². The molecule has 6 nitrogen and oxygen atoms in total. The number of carbonyl (C=O) groups excluding carboxylic acids is 1. The molecule has 0 spiro atoms. The average molecular weight is 247 g/mol. The summed E-state index contributed by atoms with van der Waals surface area (Å²) in [4.78, 5) is 11.9. The highest BCUT2D eigenvalue weighted by Gasteiger charge is 2.15. The molecule has 0 saturated carbocycles. The number of rotatable bonds is 2. The van der Waals surface area contributed by atoms with Crippen molar-refractivity contribution in [3.05, 3.63) is 35.5 Å². The number of phenolic OH excluding ortho intramolecular Hbond substituents is 2. The zero-order valence-corrected chi connectivity index (χ0v) is 10.0. The van der Waals surface area contributed by atoms with Gasteiger partial charge in [0.1, 0.15) is 0 Å². The molecule has 1 heterocycles. The zero-order chi connectivity index (χ0) is 13.3. The molecule has 2 rings (SSSR count). The number of aryl methyl sites for hydroxylation is 2. The maximum Gasteiger partial charge on any atom is 0.260 e. The summed E-state index contributed by atoms with van der Waals surface area (Å²) in [5.41, 5.74) is 0.892. The van der Waals surface area contributed by atoms with Gasteiger partial charge >= 0.3 is 0 Å². The van der Waals surface area contributed by atoms with Crippen molar-refractivity contribution in [2.45, 2.75) is 6.92 Å². The lowest BCUT2D eigenvalue weighted by Gasteiger charge is -2.05. The van der Waals surface area contributed by atoms with Crippen LogP contribution in [0.25, 0.3) is 0 Å². The van der Waals surface area contributed by atoms with Crippen LogP contribution in [0.5, 0.6) is 11.5 Å². The second-order valence-electron chi connectivity index (χ2n) is 3.92. The van der Waals surface area contributed by atoms with E-state index in [2.05, 4.69) is 10.4 Å². The Bertz CT molecular complexity index is 585. The highest BCUT2D eigenvalue weighted by Crippen LogP contribution is 2.28. The predicted molar refractivity (Wildman–Crippen MR) is 65.7 cm³/mol. The number of para-hydroxylation sites is 1. The van der Waals surface area contributed by atoms with Crippen LogP contribution in [0.4, 0.5) is 5.82 Å². The summed E-state index contributed by atoms with van der Waals surface area (Å²) in [6, 6.07) is 5.91. The summed E-state index contributed by atoms with van der Waals surface area (Å²) in [6.07, 6.45) is 0. The topological polar surface area (TPSA) is 87.4 Å². The first kappa shape index (κ1) is 12.0. The summed E-state index contributed by atoms with van der Waals surface area (Å²) < 4.78 is 1.62. The highest BCUT2D eigenvalue weighted by molar-refractivity contribution is 6.06. The number of aromatic hydroxyl groups is 2. The molecule has 1 aromatic heterocycles. The number of benzene rings is 1. The van der Waals surface area contributed by atoms with E-state index in [0.717, 1.165) is 5.69 Å². The Labute approximate surface area is 103 Å². The fourth-order valence-electron chi connectivity index (χ4n) is 1.52. The first-order valence-electron chi connectivity index (χ1n) is 5.32. The summed E-state index contributed by atoms with van der Waals surface area (Å²) in [7, 11) is 1.76. The summed E-state index contributed by atoms with van der Waals surface area (Å²) in [6.45, 7) is 1.86. The van der Waals surface area contributed by atoms with E-state index in [1.165, 1.54) is 18.2 Å². The lowest BCUT2D eigenvalue weighted by atomic mass is 10.1. The van der Waals surface area contributed by atoms with Gasteiger partial charge in [0.2, 0.25) is 0 Å². The van der Waals surface area contributed by atoms with Crippen LogP contribution >= 0.6 is 0 Å². The van der Waals surface area contributed by atoms with Gasteiger partial charge in [0.25, 0.3) is 5.91 Å². The average Bonchev–Trinajstić information content (AvgIpc) is 2.61. The Morgan fingerprint density at radius 1 is 1.39 bits per heavy atom. The third-order valence-corrected chi connectivity index (χ3v) is 2.61. The van der Waals surface area contributed by atoms with Gasteiger partial charge in [-0.25, -0.2) is 0 Å². The minimum Gasteiger partial charge on any atom is -0.504 e. The number of amides is 1. The van der Waals surface area contributed by atoms with Crippen LogP contribution in [0.2, 0.25) is 0 Å². The second-order valence-corrected chi connectivity index (χ2v) is 3.92. The Hall–Kier alpha value is -2.50. The largest absolute Gasteiger partial charge is 0.504 e. The first-order chi connectivity index (χ1) is 8.49. The fraction of sp³-hybridized carbons (Fsp3) is 0.167. The van der Waals surface area contributed by atoms with Crippen molar-refractivity contribution < 1.29 is 15.0 Å². The molecule has 0 saturated heterocycles. The minimum atomic E-state index is -0.526. The molecule has 0 aliphatic carbocycles. The second kappa shape index (κ2) is 4.40. The maximum atomic E-state index is 11.9. The first-order valence-corrected chi connectivity index (χ1v) is 5.32. The zero-order valence-electron chi connectivity index (χ0n) is 10.0.